The minimum Gasteiger partial charge on any atom is -0.246 e. The predicted octanol–water partition coefficient (Wildman–Crippen LogP) is 0.927. The highest BCUT2D eigenvalue weighted by Crippen LogP contribution is 2.15. The third-order valence-corrected chi connectivity index (χ3v) is 2.59. The first-order valence-corrected chi connectivity index (χ1v) is 5.22. The minimum atomic E-state index is -0.481. The van der Waals surface area contributed by atoms with Crippen LogP contribution in [0.1, 0.15) is 5.69 Å². The summed E-state index contributed by atoms with van der Waals surface area (Å²) in [6.07, 6.45) is 1.08. The Kier molecular flexibility index (Phi) is 2.19. The Morgan fingerprint density at radius 3 is 3.00 bits per heavy atom. The molecule has 0 aliphatic heterocycles. The van der Waals surface area contributed by atoms with E-state index in [-0.39, 0.29) is 17.2 Å². The quantitative estimate of drug-likeness (QED) is 0.691. The Morgan fingerprint density at radius 2 is 2.22 bits per heavy atom. The summed E-state index contributed by atoms with van der Waals surface area (Å²) < 4.78 is 14.5. The van der Waals surface area contributed by atoms with Gasteiger partial charge in [-0.15, -0.1) is 0 Å². The molecule has 18 heavy (non-hydrogen) atoms. The summed E-state index contributed by atoms with van der Waals surface area (Å²) in [5.41, 5.74) is 0.775. The lowest BCUT2D eigenvalue weighted by atomic mass is 10.3. The SMILES string of the molecule is Cc1nc(-c2cccc3n[nH]c(=O)n23)ncc1F. The lowest BCUT2D eigenvalue weighted by Gasteiger charge is -2.03. The first-order chi connectivity index (χ1) is 8.66. The van der Waals surface area contributed by atoms with Crippen molar-refractivity contribution in [1.82, 2.24) is 24.6 Å². The number of aromatic nitrogens is 5. The van der Waals surface area contributed by atoms with Gasteiger partial charge in [0.05, 0.1) is 17.6 Å². The molecule has 3 heterocycles. The Morgan fingerprint density at radius 1 is 1.39 bits per heavy atom. The smallest absolute Gasteiger partial charge is 0.246 e. The molecular weight excluding hydrogens is 237 g/mol. The van der Waals surface area contributed by atoms with E-state index in [9.17, 15) is 9.18 Å². The Bertz CT molecular complexity index is 791. The van der Waals surface area contributed by atoms with Crippen LogP contribution in [0.3, 0.4) is 0 Å². The second-order valence-electron chi connectivity index (χ2n) is 3.76. The molecule has 3 aromatic heterocycles. The maximum atomic E-state index is 13.1. The average molecular weight is 245 g/mol. The zero-order valence-electron chi connectivity index (χ0n) is 9.38. The molecule has 0 saturated carbocycles. The molecule has 0 unspecified atom stereocenters. The molecule has 0 radical (unpaired) electrons. The fraction of sp³-hybridized carbons (Fsp3) is 0.0909. The molecular formula is C11H8FN5O. The molecule has 3 rings (SSSR count). The number of aryl methyl sites for hydroxylation is 1. The van der Waals surface area contributed by atoms with Crippen molar-refractivity contribution in [3.8, 4) is 11.5 Å². The monoisotopic (exact) mass is 245 g/mol. The average Bonchev–Trinajstić information content (AvgIpc) is 2.75. The van der Waals surface area contributed by atoms with Crippen LogP contribution >= 0.6 is 0 Å². The number of nitrogens with zero attached hydrogens (tertiary/aromatic N) is 4. The van der Waals surface area contributed by atoms with Crippen LogP contribution in [0.5, 0.6) is 0 Å². The van der Waals surface area contributed by atoms with Gasteiger partial charge in [0.25, 0.3) is 0 Å². The molecule has 0 bridgehead atoms. The predicted molar refractivity (Wildman–Crippen MR) is 61.5 cm³/mol. The van der Waals surface area contributed by atoms with E-state index < -0.39 is 5.82 Å². The lowest BCUT2D eigenvalue weighted by molar-refractivity contribution is 0.602. The number of aromatic amines is 1. The van der Waals surface area contributed by atoms with Crippen molar-refractivity contribution in [2.75, 3.05) is 0 Å². The van der Waals surface area contributed by atoms with E-state index in [0.29, 0.717) is 11.3 Å². The van der Waals surface area contributed by atoms with Crippen molar-refractivity contribution >= 4 is 5.65 Å². The second kappa shape index (κ2) is 3.73. The highest BCUT2D eigenvalue weighted by atomic mass is 19.1. The molecule has 7 heteroatoms. The van der Waals surface area contributed by atoms with Crippen molar-refractivity contribution in [1.29, 1.82) is 0 Å². The van der Waals surface area contributed by atoms with Crippen molar-refractivity contribution in [2.24, 2.45) is 0 Å². The van der Waals surface area contributed by atoms with Crippen molar-refractivity contribution in [3.05, 3.63) is 46.4 Å². The standard InChI is InChI=1S/C11H8FN5O/c1-6-7(12)5-13-10(14-6)8-3-2-4-9-15-16-11(18)17(8)9/h2-5H,1H3,(H,16,18). The summed E-state index contributed by atoms with van der Waals surface area (Å²) in [5, 5.41) is 6.18. The van der Waals surface area contributed by atoms with E-state index in [1.165, 1.54) is 4.40 Å². The number of nitrogens with one attached hydrogen (secondary N) is 1. The van der Waals surface area contributed by atoms with Gasteiger partial charge >= 0.3 is 5.69 Å². The third-order valence-electron chi connectivity index (χ3n) is 2.59. The number of fused-ring (bicyclic) bond motifs is 1. The van der Waals surface area contributed by atoms with Gasteiger partial charge in [-0.25, -0.2) is 28.7 Å². The number of rotatable bonds is 1. The molecule has 0 saturated heterocycles. The summed E-state index contributed by atoms with van der Waals surface area (Å²) in [5.74, 6) is -0.200. The number of pyridine rings is 1. The highest BCUT2D eigenvalue weighted by Gasteiger charge is 2.11. The largest absolute Gasteiger partial charge is 0.348 e. The van der Waals surface area contributed by atoms with E-state index >= 15 is 0 Å². The van der Waals surface area contributed by atoms with Crippen LogP contribution in [0.25, 0.3) is 17.2 Å². The fourth-order valence-electron chi connectivity index (χ4n) is 1.70. The van der Waals surface area contributed by atoms with Crippen molar-refractivity contribution in [3.63, 3.8) is 0 Å². The molecule has 0 spiro atoms. The molecule has 6 nitrogen and oxygen atoms in total. The zero-order valence-corrected chi connectivity index (χ0v) is 9.38. The number of hydrogen-bond acceptors (Lipinski definition) is 4. The Hall–Kier alpha value is -2.57. The molecule has 0 amide bonds. The Balaban J connectivity index is 2.34. The van der Waals surface area contributed by atoms with E-state index in [1.54, 1.807) is 25.1 Å². The summed E-state index contributed by atoms with van der Waals surface area (Å²) in [7, 11) is 0. The topological polar surface area (TPSA) is 75.9 Å². The van der Waals surface area contributed by atoms with Crippen LogP contribution in [-0.2, 0) is 0 Å². The van der Waals surface area contributed by atoms with Gasteiger partial charge in [0, 0.05) is 0 Å². The van der Waals surface area contributed by atoms with Crippen LogP contribution in [0, 0.1) is 12.7 Å². The van der Waals surface area contributed by atoms with Gasteiger partial charge in [-0.2, -0.15) is 5.10 Å². The van der Waals surface area contributed by atoms with Crippen LogP contribution in [-0.4, -0.2) is 24.6 Å². The maximum Gasteiger partial charge on any atom is 0.348 e. The van der Waals surface area contributed by atoms with E-state index in [0.717, 1.165) is 6.20 Å². The number of halogens is 1. The zero-order chi connectivity index (χ0) is 12.7. The van der Waals surface area contributed by atoms with Crippen LogP contribution in [0.4, 0.5) is 4.39 Å². The second-order valence-corrected chi connectivity index (χ2v) is 3.76. The van der Waals surface area contributed by atoms with Gasteiger partial charge in [0.1, 0.15) is 0 Å². The molecule has 0 fully saturated rings. The van der Waals surface area contributed by atoms with Crippen LogP contribution in [0.2, 0.25) is 0 Å². The fourth-order valence-corrected chi connectivity index (χ4v) is 1.70. The Labute approximate surface area is 100 Å². The third kappa shape index (κ3) is 1.48. The molecule has 90 valence electrons. The van der Waals surface area contributed by atoms with Gasteiger partial charge in [0.2, 0.25) is 0 Å². The van der Waals surface area contributed by atoms with E-state index in [1.807, 2.05) is 0 Å². The van der Waals surface area contributed by atoms with Crippen molar-refractivity contribution < 1.29 is 4.39 Å². The van der Waals surface area contributed by atoms with E-state index in [2.05, 4.69) is 20.2 Å². The number of H-pyrrole nitrogens is 1. The van der Waals surface area contributed by atoms with Gasteiger partial charge < -0.3 is 0 Å². The first kappa shape index (κ1) is 10.6. The number of hydrogen-bond donors (Lipinski definition) is 1. The summed E-state index contributed by atoms with van der Waals surface area (Å²) in [6.45, 7) is 1.54. The summed E-state index contributed by atoms with van der Waals surface area (Å²) in [6, 6.07) is 5.08. The molecule has 0 aliphatic rings. The van der Waals surface area contributed by atoms with Gasteiger partial charge in [-0.05, 0) is 19.1 Å². The van der Waals surface area contributed by atoms with Crippen LogP contribution < -0.4 is 5.69 Å². The minimum absolute atomic E-state index is 0.230. The highest BCUT2D eigenvalue weighted by molar-refractivity contribution is 5.55. The van der Waals surface area contributed by atoms with Gasteiger partial charge in [-0.1, -0.05) is 6.07 Å². The molecule has 3 aromatic rings. The molecule has 0 aromatic carbocycles. The summed E-state index contributed by atoms with van der Waals surface area (Å²) >= 11 is 0. The molecule has 1 N–H and O–H groups in total. The molecule has 0 atom stereocenters. The van der Waals surface area contributed by atoms with Crippen LogP contribution in [0.15, 0.2) is 29.2 Å². The lowest BCUT2D eigenvalue weighted by Crippen LogP contribution is -2.12. The van der Waals surface area contributed by atoms with Crippen molar-refractivity contribution in [2.45, 2.75) is 6.92 Å². The first-order valence-electron chi connectivity index (χ1n) is 5.22. The summed E-state index contributed by atoms with van der Waals surface area (Å²) in [4.78, 5) is 19.6. The maximum absolute atomic E-state index is 13.1. The van der Waals surface area contributed by atoms with Gasteiger partial charge in [-0.3, -0.25) is 0 Å². The van der Waals surface area contributed by atoms with E-state index in [4.69, 9.17) is 0 Å². The van der Waals surface area contributed by atoms with Gasteiger partial charge in [0.15, 0.2) is 17.3 Å². The normalized spacial score (nSPS) is 11.0. The molecule has 0 aliphatic carbocycles.